The lowest BCUT2D eigenvalue weighted by Gasteiger charge is -2.23. The smallest absolute Gasteiger partial charge is 0.236 e. The Morgan fingerprint density at radius 2 is 1.89 bits per heavy atom. The fourth-order valence-corrected chi connectivity index (χ4v) is 4.09. The molecule has 6 nitrogen and oxygen atoms in total. The largest absolute Gasteiger partial charge is 0.379 e. The second kappa shape index (κ2) is 7.18. The summed E-state index contributed by atoms with van der Waals surface area (Å²) in [5, 5.41) is 9.62. The first-order valence-corrected chi connectivity index (χ1v) is 9.17. The summed E-state index contributed by atoms with van der Waals surface area (Å²) in [4.78, 5) is 17.6. The summed E-state index contributed by atoms with van der Waals surface area (Å²) in [6.07, 6.45) is 7.64. The van der Waals surface area contributed by atoms with Crippen LogP contribution < -0.4 is 0 Å². The highest BCUT2D eigenvalue weighted by Crippen LogP contribution is 2.41. The van der Waals surface area contributed by atoms with Crippen molar-refractivity contribution in [1.29, 1.82) is 0 Å². The molecule has 0 bridgehead atoms. The van der Waals surface area contributed by atoms with E-state index in [4.69, 9.17) is 4.98 Å². The Labute approximate surface area is 156 Å². The maximum atomic E-state index is 9.67. The molecule has 27 heavy (non-hydrogen) atoms. The molecule has 4 aromatic rings. The van der Waals surface area contributed by atoms with Gasteiger partial charge in [-0.1, -0.05) is 6.42 Å². The van der Waals surface area contributed by atoms with Crippen LogP contribution in [0.5, 0.6) is 0 Å². The van der Waals surface area contributed by atoms with E-state index in [0.717, 1.165) is 27.2 Å². The quantitative estimate of drug-likeness (QED) is 0.503. The Balaban J connectivity index is 0.000000413. The Hall–Kier alpha value is -2.62. The van der Waals surface area contributed by atoms with E-state index >= 15 is 0 Å². The number of thiophene rings is 1. The number of alkyl halides is 3. The van der Waals surface area contributed by atoms with E-state index in [0.29, 0.717) is 11.5 Å². The zero-order valence-corrected chi connectivity index (χ0v) is 15.1. The van der Waals surface area contributed by atoms with Crippen LogP contribution in [0.2, 0.25) is 0 Å². The summed E-state index contributed by atoms with van der Waals surface area (Å²) in [6, 6.07) is 4.19. The number of hydrogen-bond donors (Lipinski definition) is 0. The van der Waals surface area contributed by atoms with Crippen LogP contribution >= 0.6 is 11.3 Å². The van der Waals surface area contributed by atoms with Crippen LogP contribution in [0.3, 0.4) is 0 Å². The monoisotopic (exact) mass is 392 g/mol. The van der Waals surface area contributed by atoms with Crippen molar-refractivity contribution < 1.29 is 13.2 Å². The fraction of sp³-hybridized carbons (Fsp3) is 0.353. The summed E-state index contributed by atoms with van der Waals surface area (Å²) >= 11 is 1.79. The lowest BCUT2D eigenvalue weighted by atomic mass is 9.84. The van der Waals surface area contributed by atoms with Gasteiger partial charge in [-0.15, -0.1) is 16.4 Å². The van der Waals surface area contributed by atoms with E-state index in [1.54, 1.807) is 24.6 Å². The predicted octanol–water partition coefficient (Wildman–Crippen LogP) is 4.48. The highest BCUT2D eigenvalue weighted by atomic mass is 32.1. The summed E-state index contributed by atoms with van der Waals surface area (Å²) in [5.74, 6) is 1.43. The predicted molar refractivity (Wildman–Crippen MR) is 96.4 cm³/mol. The van der Waals surface area contributed by atoms with Gasteiger partial charge in [0.25, 0.3) is 0 Å². The third-order valence-electron chi connectivity index (χ3n) is 4.40. The van der Waals surface area contributed by atoms with Gasteiger partial charge in [0.2, 0.25) is 5.65 Å². The lowest BCUT2D eigenvalue weighted by Crippen LogP contribution is -2.06. The van der Waals surface area contributed by atoms with E-state index in [1.807, 2.05) is 12.3 Å². The molecule has 5 rings (SSSR count). The summed E-state index contributed by atoms with van der Waals surface area (Å²) in [5.41, 5.74) is 2.27. The molecule has 0 unspecified atom stereocenters. The van der Waals surface area contributed by atoms with Crippen LogP contribution in [0.4, 0.5) is 13.2 Å². The molecule has 0 amide bonds. The Morgan fingerprint density at radius 1 is 1.11 bits per heavy atom. The SMILES string of the molecule is Cn1nc2cc(-c3ncc4cc(C5CCC5)sc4n3)cnc2n1.FC(F)F. The number of aromatic nitrogens is 6. The van der Waals surface area contributed by atoms with Crippen LogP contribution in [0.25, 0.3) is 32.8 Å². The zero-order valence-electron chi connectivity index (χ0n) is 14.3. The third-order valence-corrected chi connectivity index (χ3v) is 5.60. The van der Waals surface area contributed by atoms with E-state index in [2.05, 4.69) is 26.2 Å². The van der Waals surface area contributed by atoms with Crippen molar-refractivity contribution in [3.8, 4) is 11.4 Å². The first kappa shape index (κ1) is 17.8. The molecule has 0 N–H and O–H groups in total. The van der Waals surface area contributed by atoms with Gasteiger partial charge in [-0.25, -0.2) is 15.0 Å². The molecular weight excluding hydrogens is 377 g/mol. The van der Waals surface area contributed by atoms with Gasteiger partial charge in [-0.2, -0.15) is 23.1 Å². The molecule has 1 saturated carbocycles. The molecule has 140 valence electrons. The molecule has 0 atom stereocenters. The van der Waals surface area contributed by atoms with Crippen molar-refractivity contribution in [3.63, 3.8) is 0 Å². The number of pyridine rings is 1. The molecule has 0 saturated heterocycles. The lowest BCUT2D eigenvalue weighted by molar-refractivity contribution is 0.00819. The second-order valence-electron chi connectivity index (χ2n) is 6.23. The minimum atomic E-state index is -3.67. The Bertz CT molecular complexity index is 1090. The topological polar surface area (TPSA) is 69.4 Å². The Kier molecular flexibility index (Phi) is 4.73. The number of aryl methyl sites for hydroxylation is 1. The van der Waals surface area contributed by atoms with Gasteiger partial charge in [0.05, 0.1) is 0 Å². The van der Waals surface area contributed by atoms with Gasteiger partial charge in [-0.3, -0.25) is 0 Å². The molecule has 1 aliphatic carbocycles. The Morgan fingerprint density at radius 3 is 2.59 bits per heavy atom. The van der Waals surface area contributed by atoms with Crippen LogP contribution in [-0.4, -0.2) is 36.6 Å². The first-order chi connectivity index (χ1) is 13.0. The van der Waals surface area contributed by atoms with Crippen LogP contribution in [0.1, 0.15) is 30.1 Å². The zero-order chi connectivity index (χ0) is 19.0. The maximum Gasteiger partial charge on any atom is 0.379 e. The molecule has 4 heterocycles. The van der Waals surface area contributed by atoms with E-state index in [-0.39, 0.29) is 0 Å². The maximum absolute atomic E-state index is 9.67. The number of fused-ring (bicyclic) bond motifs is 2. The summed E-state index contributed by atoms with van der Waals surface area (Å²) in [6.45, 7) is -3.67. The van der Waals surface area contributed by atoms with Crippen molar-refractivity contribution in [3.05, 3.63) is 29.4 Å². The number of hydrogen-bond acceptors (Lipinski definition) is 6. The number of nitrogens with zero attached hydrogens (tertiary/aromatic N) is 6. The van der Waals surface area contributed by atoms with E-state index < -0.39 is 6.68 Å². The second-order valence-corrected chi connectivity index (χ2v) is 7.30. The summed E-state index contributed by atoms with van der Waals surface area (Å²) in [7, 11) is 1.79. The standard InChI is InChI=1S/C16H14N6S.CHF3/c1-22-20-12-5-10(7-18-15(12)21-22)14-17-8-11-6-13(9-3-2-4-9)23-16(11)19-14;2-1(3)4/h5-9H,2-4H2,1H3;1H. The minimum absolute atomic E-state index is 0.640. The highest BCUT2D eigenvalue weighted by Gasteiger charge is 2.22. The van der Waals surface area contributed by atoms with Crippen molar-refractivity contribution in [1.82, 2.24) is 29.9 Å². The van der Waals surface area contributed by atoms with Gasteiger partial charge >= 0.3 is 6.68 Å². The molecule has 10 heteroatoms. The molecular formula is C17H15F3N6S. The van der Waals surface area contributed by atoms with Gasteiger partial charge in [0.1, 0.15) is 10.3 Å². The van der Waals surface area contributed by atoms with Crippen LogP contribution in [0, 0.1) is 0 Å². The van der Waals surface area contributed by atoms with Gasteiger partial charge in [0.15, 0.2) is 5.82 Å². The molecule has 0 spiro atoms. The normalized spacial score (nSPS) is 14.4. The molecule has 0 aromatic carbocycles. The molecule has 1 fully saturated rings. The molecule has 1 aliphatic rings. The average Bonchev–Trinajstić information content (AvgIpc) is 3.12. The van der Waals surface area contributed by atoms with Gasteiger partial charge in [-0.05, 0) is 30.9 Å². The molecule has 0 radical (unpaired) electrons. The van der Waals surface area contributed by atoms with Crippen LogP contribution in [-0.2, 0) is 7.05 Å². The van der Waals surface area contributed by atoms with Gasteiger partial charge < -0.3 is 0 Å². The molecule has 0 aliphatic heterocycles. The summed E-state index contributed by atoms with van der Waals surface area (Å²) < 4.78 is 29.0. The average molecular weight is 392 g/mol. The number of halogens is 3. The van der Waals surface area contributed by atoms with E-state index in [9.17, 15) is 13.2 Å². The number of rotatable bonds is 2. The van der Waals surface area contributed by atoms with E-state index in [1.165, 1.54) is 28.9 Å². The molecule has 4 aromatic heterocycles. The fourth-order valence-electron chi connectivity index (χ4n) is 2.92. The first-order valence-electron chi connectivity index (χ1n) is 8.36. The van der Waals surface area contributed by atoms with Gasteiger partial charge in [0, 0.05) is 35.3 Å². The minimum Gasteiger partial charge on any atom is -0.236 e. The van der Waals surface area contributed by atoms with Crippen molar-refractivity contribution in [2.75, 3.05) is 0 Å². The van der Waals surface area contributed by atoms with Crippen molar-refractivity contribution in [2.24, 2.45) is 7.05 Å². The van der Waals surface area contributed by atoms with Crippen LogP contribution in [0.15, 0.2) is 24.5 Å². The van der Waals surface area contributed by atoms with Crippen molar-refractivity contribution in [2.45, 2.75) is 31.9 Å². The van der Waals surface area contributed by atoms with Crippen molar-refractivity contribution >= 4 is 32.7 Å². The highest BCUT2D eigenvalue weighted by molar-refractivity contribution is 7.18. The third kappa shape index (κ3) is 3.75.